The molecule has 4 rings (SSSR count). The Morgan fingerprint density at radius 2 is 2.03 bits per heavy atom. The molecule has 0 bridgehead atoms. The highest BCUT2D eigenvalue weighted by Gasteiger charge is 2.18. The van der Waals surface area contributed by atoms with Gasteiger partial charge >= 0.3 is 0 Å². The number of benzene rings is 1. The Balaban J connectivity index is 1.33. The van der Waals surface area contributed by atoms with Crippen LogP contribution in [-0.4, -0.2) is 40.1 Å². The number of aryl methyl sites for hydroxylation is 2. The number of amides is 1. The van der Waals surface area contributed by atoms with Crippen molar-refractivity contribution in [1.82, 2.24) is 20.5 Å². The van der Waals surface area contributed by atoms with E-state index in [0.717, 1.165) is 26.9 Å². The van der Waals surface area contributed by atoms with Crippen molar-refractivity contribution in [2.75, 3.05) is 19.0 Å². The predicted octanol–water partition coefficient (Wildman–Crippen LogP) is 3.55. The molecular formula is C19H20N4O4S2. The van der Waals surface area contributed by atoms with Gasteiger partial charge in [-0.2, -0.15) is 0 Å². The first-order valence-corrected chi connectivity index (χ1v) is 10.9. The summed E-state index contributed by atoms with van der Waals surface area (Å²) in [4.78, 5) is 17.6. The lowest BCUT2D eigenvalue weighted by molar-refractivity contribution is -0.119. The number of thioether (sulfide) groups is 1. The Kier molecular flexibility index (Phi) is 5.72. The van der Waals surface area contributed by atoms with Crippen molar-refractivity contribution in [3.8, 4) is 22.3 Å². The summed E-state index contributed by atoms with van der Waals surface area (Å²) >= 11 is 2.71. The molecule has 0 unspecified atom stereocenters. The molecule has 0 spiro atoms. The molecule has 1 aliphatic rings. The number of hydrogen-bond donors (Lipinski definition) is 1. The number of ether oxygens (including phenoxy) is 2. The number of thiazole rings is 1. The molecule has 1 aromatic carbocycles. The molecule has 1 atom stereocenters. The third-order valence-corrected chi connectivity index (χ3v) is 6.15. The molecule has 8 nitrogen and oxygen atoms in total. The zero-order chi connectivity index (χ0) is 20.4. The van der Waals surface area contributed by atoms with E-state index in [-0.39, 0.29) is 17.7 Å². The van der Waals surface area contributed by atoms with E-state index in [4.69, 9.17) is 13.9 Å². The van der Waals surface area contributed by atoms with Crippen molar-refractivity contribution >= 4 is 29.0 Å². The van der Waals surface area contributed by atoms with Gasteiger partial charge in [-0.25, -0.2) is 4.98 Å². The van der Waals surface area contributed by atoms with E-state index in [2.05, 4.69) is 20.5 Å². The Morgan fingerprint density at radius 3 is 2.79 bits per heavy atom. The predicted molar refractivity (Wildman–Crippen MR) is 110 cm³/mol. The van der Waals surface area contributed by atoms with Crippen LogP contribution in [0.3, 0.4) is 0 Å². The van der Waals surface area contributed by atoms with Crippen LogP contribution in [-0.2, 0) is 4.79 Å². The minimum atomic E-state index is -0.167. The highest BCUT2D eigenvalue weighted by atomic mass is 32.2. The smallest absolute Gasteiger partial charge is 0.277 e. The first-order chi connectivity index (χ1) is 14.0. The molecule has 1 amide bonds. The fraction of sp³-hybridized carbons (Fsp3) is 0.368. The third-order valence-electron chi connectivity index (χ3n) is 4.27. The van der Waals surface area contributed by atoms with E-state index in [1.807, 2.05) is 39.0 Å². The van der Waals surface area contributed by atoms with Crippen LogP contribution in [0.15, 0.2) is 27.8 Å². The Labute approximate surface area is 176 Å². The monoisotopic (exact) mass is 432 g/mol. The molecule has 10 heteroatoms. The van der Waals surface area contributed by atoms with Crippen molar-refractivity contribution in [2.24, 2.45) is 0 Å². The van der Waals surface area contributed by atoms with Crippen LogP contribution < -0.4 is 14.8 Å². The molecule has 3 aromatic rings. The van der Waals surface area contributed by atoms with Gasteiger partial charge in [0.2, 0.25) is 5.91 Å². The number of rotatable bonds is 6. The lowest BCUT2D eigenvalue weighted by Crippen LogP contribution is -2.28. The van der Waals surface area contributed by atoms with Crippen molar-refractivity contribution in [2.45, 2.75) is 32.0 Å². The van der Waals surface area contributed by atoms with Crippen molar-refractivity contribution in [3.63, 3.8) is 0 Å². The molecule has 0 saturated heterocycles. The maximum absolute atomic E-state index is 12.3. The largest absolute Gasteiger partial charge is 0.486 e. The summed E-state index contributed by atoms with van der Waals surface area (Å²) in [6.45, 7) is 6.84. The second kappa shape index (κ2) is 8.42. The van der Waals surface area contributed by atoms with E-state index in [0.29, 0.717) is 30.1 Å². The van der Waals surface area contributed by atoms with Gasteiger partial charge in [-0.3, -0.25) is 4.79 Å². The first-order valence-electron chi connectivity index (χ1n) is 9.09. The van der Waals surface area contributed by atoms with Gasteiger partial charge < -0.3 is 19.2 Å². The molecule has 0 aliphatic carbocycles. The second-order valence-corrected chi connectivity index (χ2v) is 8.63. The molecule has 0 fully saturated rings. The summed E-state index contributed by atoms with van der Waals surface area (Å²) < 4.78 is 16.8. The van der Waals surface area contributed by atoms with Gasteiger partial charge in [-0.15, -0.1) is 21.5 Å². The van der Waals surface area contributed by atoms with Crippen LogP contribution in [0.5, 0.6) is 11.5 Å². The SMILES string of the molecule is Cc1nc(C)c(-c2nnc(SCC(=O)N[C@@H](C)c3ccc4c(c3)OCCO4)o2)s1. The van der Waals surface area contributed by atoms with Gasteiger partial charge in [0.25, 0.3) is 11.1 Å². The van der Waals surface area contributed by atoms with E-state index in [1.165, 1.54) is 23.1 Å². The molecule has 1 aliphatic heterocycles. The summed E-state index contributed by atoms with van der Waals surface area (Å²) in [5.74, 6) is 1.92. The van der Waals surface area contributed by atoms with E-state index >= 15 is 0 Å². The topological polar surface area (TPSA) is 99.4 Å². The zero-order valence-electron chi connectivity index (χ0n) is 16.2. The molecule has 0 radical (unpaired) electrons. The molecule has 1 N–H and O–H groups in total. The Morgan fingerprint density at radius 1 is 1.24 bits per heavy atom. The lowest BCUT2D eigenvalue weighted by atomic mass is 10.1. The van der Waals surface area contributed by atoms with Gasteiger partial charge in [-0.1, -0.05) is 17.8 Å². The summed E-state index contributed by atoms with van der Waals surface area (Å²) in [5, 5.41) is 12.3. The standard InChI is InChI=1S/C19H20N4O4S2/c1-10(13-4-5-14-15(8-13)26-7-6-25-14)21-16(24)9-28-19-23-22-18(27-19)17-11(2)20-12(3)29-17/h4-5,8,10H,6-7,9H2,1-3H3,(H,21,24)/t10-/m0/s1. The third kappa shape index (κ3) is 4.54. The number of aromatic nitrogens is 3. The van der Waals surface area contributed by atoms with Crippen LogP contribution in [0.4, 0.5) is 0 Å². The average Bonchev–Trinajstić information content (AvgIpc) is 3.31. The minimum Gasteiger partial charge on any atom is -0.486 e. The highest BCUT2D eigenvalue weighted by Crippen LogP contribution is 2.33. The summed E-state index contributed by atoms with van der Waals surface area (Å²) in [5.41, 5.74) is 1.81. The molecule has 3 heterocycles. The van der Waals surface area contributed by atoms with Crippen molar-refractivity contribution in [1.29, 1.82) is 0 Å². The van der Waals surface area contributed by atoms with Crippen LogP contribution in [0.25, 0.3) is 10.8 Å². The van der Waals surface area contributed by atoms with E-state index in [9.17, 15) is 4.79 Å². The molecule has 29 heavy (non-hydrogen) atoms. The number of carbonyl (C=O) groups is 1. The fourth-order valence-corrected chi connectivity index (χ4v) is 4.33. The normalized spacial score (nSPS) is 13.9. The number of fused-ring (bicyclic) bond motifs is 1. The first kappa shape index (κ1) is 19.7. The maximum atomic E-state index is 12.3. The zero-order valence-corrected chi connectivity index (χ0v) is 17.9. The summed E-state index contributed by atoms with van der Waals surface area (Å²) in [6.07, 6.45) is 0. The maximum Gasteiger partial charge on any atom is 0.277 e. The minimum absolute atomic E-state index is 0.123. The molecular weight excluding hydrogens is 412 g/mol. The van der Waals surface area contributed by atoms with Crippen LogP contribution in [0, 0.1) is 13.8 Å². The molecule has 0 saturated carbocycles. The van der Waals surface area contributed by atoms with Crippen LogP contribution in [0.2, 0.25) is 0 Å². The van der Waals surface area contributed by atoms with Gasteiger partial charge in [-0.05, 0) is 38.5 Å². The quantitative estimate of drug-likeness (QED) is 0.591. The number of nitrogens with zero attached hydrogens (tertiary/aromatic N) is 3. The van der Waals surface area contributed by atoms with Gasteiger partial charge in [0.1, 0.15) is 18.1 Å². The van der Waals surface area contributed by atoms with Crippen molar-refractivity contribution < 1.29 is 18.7 Å². The van der Waals surface area contributed by atoms with Gasteiger partial charge in [0, 0.05) is 0 Å². The fourth-order valence-electron chi connectivity index (χ4n) is 2.91. The van der Waals surface area contributed by atoms with Gasteiger partial charge in [0.05, 0.1) is 22.5 Å². The van der Waals surface area contributed by atoms with Crippen LogP contribution >= 0.6 is 23.1 Å². The van der Waals surface area contributed by atoms with E-state index in [1.54, 1.807) is 0 Å². The van der Waals surface area contributed by atoms with Gasteiger partial charge in [0.15, 0.2) is 11.5 Å². The average molecular weight is 433 g/mol. The summed E-state index contributed by atoms with van der Waals surface area (Å²) in [6, 6.07) is 5.52. The molecule has 152 valence electrons. The number of nitrogens with one attached hydrogen (secondary N) is 1. The lowest BCUT2D eigenvalue weighted by Gasteiger charge is -2.21. The second-order valence-electron chi connectivity index (χ2n) is 6.50. The highest BCUT2D eigenvalue weighted by molar-refractivity contribution is 7.99. The number of hydrogen-bond acceptors (Lipinski definition) is 9. The Hall–Kier alpha value is -2.59. The summed E-state index contributed by atoms with van der Waals surface area (Å²) in [7, 11) is 0. The number of carbonyl (C=O) groups excluding carboxylic acids is 1. The van der Waals surface area contributed by atoms with Crippen LogP contribution in [0.1, 0.15) is 29.2 Å². The van der Waals surface area contributed by atoms with Crippen molar-refractivity contribution in [3.05, 3.63) is 34.5 Å². The Bertz CT molecular complexity index is 1030. The molecule has 2 aromatic heterocycles. The van der Waals surface area contributed by atoms with E-state index < -0.39 is 0 Å².